The lowest BCUT2D eigenvalue weighted by molar-refractivity contribution is -0.146. The van der Waals surface area contributed by atoms with E-state index in [1.165, 1.54) is 13.8 Å². The second-order valence-corrected chi connectivity index (χ2v) is 3.37. The lowest BCUT2D eigenvalue weighted by atomic mass is 10.3. The number of carbonyl (C=O) groups is 4. The Hall–Kier alpha value is -1.72. The van der Waals surface area contributed by atoms with E-state index < -0.39 is 11.9 Å². The van der Waals surface area contributed by atoms with Gasteiger partial charge in [-0.05, 0) is 27.7 Å². The van der Waals surface area contributed by atoms with E-state index in [-0.39, 0.29) is 31.8 Å². The van der Waals surface area contributed by atoms with E-state index in [0.717, 1.165) is 0 Å². The predicted octanol–water partition coefficient (Wildman–Crippen LogP) is 1.69. The van der Waals surface area contributed by atoms with Crippen LogP contribution >= 0.6 is 0 Å². The fourth-order valence-electron chi connectivity index (χ4n) is 0.831. The van der Waals surface area contributed by atoms with Gasteiger partial charge in [0.05, 0.1) is 13.2 Å². The Labute approximate surface area is 114 Å². The maximum Gasteiger partial charge on any atom is 0.313 e. The van der Waals surface area contributed by atoms with Crippen LogP contribution in [-0.2, 0) is 28.7 Å². The van der Waals surface area contributed by atoms with Crippen molar-refractivity contribution >= 4 is 23.5 Å². The van der Waals surface area contributed by atoms with Gasteiger partial charge in [-0.3, -0.25) is 19.2 Å². The van der Waals surface area contributed by atoms with Crippen molar-refractivity contribution in [1.82, 2.24) is 0 Å². The fraction of sp³-hybridized carbons (Fsp3) is 0.692. The van der Waals surface area contributed by atoms with Crippen LogP contribution in [0.3, 0.4) is 0 Å². The normalized spacial score (nSPS) is 8.21. The molecule has 0 aromatic carbocycles. The topological polar surface area (TPSA) is 86.7 Å². The van der Waals surface area contributed by atoms with Gasteiger partial charge in [0.2, 0.25) is 0 Å². The third kappa shape index (κ3) is 22.0. The molecule has 0 N–H and O–H groups in total. The minimum atomic E-state index is -0.440. The Kier molecular flexibility index (Phi) is 17.0. The van der Waals surface area contributed by atoms with E-state index in [4.69, 9.17) is 0 Å². The highest BCUT2D eigenvalue weighted by atomic mass is 16.5. The average molecular weight is 276 g/mol. The Bertz CT molecular complexity index is 266. The molecule has 0 aliphatic carbocycles. The van der Waals surface area contributed by atoms with E-state index in [1.54, 1.807) is 13.8 Å². The molecule has 0 heterocycles. The molecule has 0 aliphatic heterocycles. The first-order valence-electron chi connectivity index (χ1n) is 5.63. The summed E-state index contributed by atoms with van der Waals surface area (Å²) in [4.78, 5) is 41.3. The summed E-state index contributed by atoms with van der Waals surface area (Å²) < 4.78 is 8.99. The number of rotatable bonds is 6. The van der Waals surface area contributed by atoms with E-state index in [2.05, 4.69) is 9.47 Å². The van der Waals surface area contributed by atoms with Gasteiger partial charge >= 0.3 is 11.9 Å². The maximum absolute atomic E-state index is 10.4. The molecule has 0 radical (unpaired) electrons. The first kappa shape index (κ1) is 22.5. The van der Waals surface area contributed by atoms with Crippen molar-refractivity contribution in [3.05, 3.63) is 0 Å². The van der Waals surface area contributed by atoms with E-state index in [1.807, 2.05) is 0 Å². The number of Topliss-reactive ketones (excluding diaryl/α,β-unsaturated/α-hetero) is 2. The largest absolute Gasteiger partial charge is 0.466 e. The van der Waals surface area contributed by atoms with Crippen LogP contribution in [0.5, 0.6) is 0 Å². The Balaban J connectivity index is -0.000000256. The second kappa shape index (κ2) is 14.3. The van der Waals surface area contributed by atoms with Gasteiger partial charge in [0, 0.05) is 0 Å². The van der Waals surface area contributed by atoms with Crippen LogP contribution in [0.4, 0.5) is 0 Å². The molecule has 0 aromatic heterocycles. The molecule has 0 amide bonds. The number of carbonyl (C=O) groups excluding carboxylic acids is 4. The van der Waals surface area contributed by atoms with Crippen molar-refractivity contribution in [2.24, 2.45) is 0 Å². The van der Waals surface area contributed by atoms with Crippen molar-refractivity contribution in [3.8, 4) is 0 Å². The monoisotopic (exact) mass is 276 g/mol. The molecule has 6 nitrogen and oxygen atoms in total. The molecular formula is C13H24O6. The smallest absolute Gasteiger partial charge is 0.313 e. The minimum Gasteiger partial charge on any atom is -0.466 e. The van der Waals surface area contributed by atoms with Crippen molar-refractivity contribution in [2.45, 2.75) is 48.0 Å². The second-order valence-electron chi connectivity index (χ2n) is 3.37. The van der Waals surface area contributed by atoms with Crippen molar-refractivity contribution in [1.29, 1.82) is 0 Å². The Morgan fingerprint density at radius 3 is 1.16 bits per heavy atom. The lowest BCUT2D eigenvalue weighted by Crippen LogP contribution is -2.07. The summed E-state index contributed by atoms with van der Waals surface area (Å²) in [5.74, 6) is -1.20. The van der Waals surface area contributed by atoms with Gasteiger partial charge in [-0.2, -0.15) is 0 Å². The molecule has 0 bridgehead atoms. The highest BCUT2D eigenvalue weighted by Gasteiger charge is 2.03. The molecule has 0 spiro atoms. The molecule has 6 heteroatoms. The predicted molar refractivity (Wildman–Crippen MR) is 70.6 cm³/mol. The maximum atomic E-state index is 10.4. The highest BCUT2D eigenvalue weighted by molar-refractivity contribution is 5.94. The fourth-order valence-corrected chi connectivity index (χ4v) is 0.831. The average Bonchev–Trinajstić information content (AvgIpc) is 2.16. The molecule has 0 rings (SSSR count). The van der Waals surface area contributed by atoms with E-state index >= 15 is 0 Å². The number of esters is 2. The van der Waals surface area contributed by atoms with Crippen LogP contribution in [0.25, 0.3) is 0 Å². The van der Waals surface area contributed by atoms with Gasteiger partial charge in [0.1, 0.15) is 24.4 Å². The quantitative estimate of drug-likeness (QED) is 0.542. The van der Waals surface area contributed by atoms with Gasteiger partial charge in [0.15, 0.2) is 0 Å². The first-order chi connectivity index (χ1) is 8.33. The molecule has 19 heavy (non-hydrogen) atoms. The van der Waals surface area contributed by atoms with Gasteiger partial charge in [-0.1, -0.05) is 7.43 Å². The lowest BCUT2D eigenvalue weighted by Gasteiger charge is -1.96. The third-order valence-electron chi connectivity index (χ3n) is 1.40. The summed E-state index contributed by atoms with van der Waals surface area (Å²) in [7, 11) is 0. The first-order valence-corrected chi connectivity index (χ1v) is 5.63. The SMILES string of the molecule is C.CCOC(=O)CC(C)=O.CCOC(=O)CC(C)=O. The van der Waals surface area contributed by atoms with E-state index in [9.17, 15) is 19.2 Å². The van der Waals surface area contributed by atoms with Gasteiger partial charge in [-0.15, -0.1) is 0 Å². The minimum absolute atomic E-state index is 0. The number of ketones is 2. The summed E-state index contributed by atoms with van der Waals surface area (Å²) in [6, 6.07) is 0. The van der Waals surface area contributed by atoms with E-state index in [0.29, 0.717) is 13.2 Å². The molecule has 0 saturated heterocycles. The standard InChI is InChI=1S/2C6H10O3.CH4/c2*1-3-9-6(8)4-5(2)7;/h2*3-4H2,1-2H3;1H4. The zero-order valence-corrected chi connectivity index (χ0v) is 11.3. The van der Waals surface area contributed by atoms with Crippen molar-refractivity contribution in [3.63, 3.8) is 0 Å². The van der Waals surface area contributed by atoms with Gasteiger partial charge < -0.3 is 9.47 Å². The number of hydrogen-bond acceptors (Lipinski definition) is 6. The van der Waals surface area contributed by atoms with Crippen LogP contribution in [0.2, 0.25) is 0 Å². The summed E-state index contributed by atoms with van der Waals surface area (Å²) in [5.41, 5.74) is 0. The molecule has 0 aliphatic rings. The zero-order valence-electron chi connectivity index (χ0n) is 11.3. The molecule has 0 fully saturated rings. The third-order valence-corrected chi connectivity index (χ3v) is 1.40. The summed E-state index contributed by atoms with van der Waals surface area (Å²) >= 11 is 0. The van der Waals surface area contributed by atoms with Crippen LogP contribution in [-0.4, -0.2) is 36.7 Å². The Morgan fingerprint density at radius 2 is 1.00 bits per heavy atom. The summed E-state index contributed by atoms with van der Waals surface area (Å²) in [6.07, 6.45) is -0.207. The highest BCUT2D eigenvalue weighted by Crippen LogP contribution is 1.86. The zero-order chi connectivity index (χ0) is 14.6. The number of ether oxygens (including phenoxy) is 2. The van der Waals surface area contributed by atoms with Crippen LogP contribution in [0.1, 0.15) is 48.0 Å². The Morgan fingerprint density at radius 1 is 0.737 bits per heavy atom. The molecule has 0 atom stereocenters. The number of hydrogen-bond donors (Lipinski definition) is 0. The van der Waals surface area contributed by atoms with Crippen LogP contribution in [0, 0.1) is 0 Å². The molecule has 0 aromatic rings. The van der Waals surface area contributed by atoms with Crippen LogP contribution < -0.4 is 0 Å². The summed E-state index contributed by atoms with van der Waals surface area (Å²) in [5, 5.41) is 0. The van der Waals surface area contributed by atoms with Gasteiger partial charge in [-0.25, -0.2) is 0 Å². The molecule has 112 valence electrons. The molecule has 0 saturated carbocycles. The van der Waals surface area contributed by atoms with Crippen LogP contribution in [0.15, 0.2) is 0 Å². The molecular weight excluding hydrogens is 252 g/mol. The van der Waals surface area contributed by atoms with Gasteiger partial charge in [0.25, 0.3) is 0 Å². The van der Waals surface area contributed by atoms with Crippen molar-refractivity contribution in [2.75, 3.05) is 13.2 Å². The summed E-state index contributed by atoms with van der Waals surface area (Å²) in [6.45, 7) is 6.81. The van der Waals surface area contributed by atoms with Crippen molar-refractivity contribution < 1.29 is 28.7 Å². The molecule has 0 unspecified atom stereocenters.